The van der Waals surface area contributed by atoms with Crippen molar-refractivity contribution in [1.82, 2.24) is 0 Å². The van der Waals surface area contributed by atoms with E-state index in [4.69, 9.17) is 10.0 Å². The zero-order chi connectivity index (χ0) is 4.28. The maximum Gasteiger partial charge on any atom is 1.00 e. The Bertz CT molecular complexity index is 28.9. The van der Waals surface area contributed by atoms with Crippen LogP contribution in [0.25, 0.3) is 0 Å². The third-order valence-corrected chi connectivity index (χ3v) is 0.0797. The van der Waals surface area contributed by atoms with Gasteiger partial charge in [-0.25, -0.2) is 0 Å². The predicted octanol–water partition coefficient (Wildman–Crippen LogP) is -4.03. The standard InChI is InChI=1S/BFH2O3.Li.H/c2-5-1(3)4;;/h3-4H;;/q;+1;-1. The van der Waals surface area contributed by atoms with E-state index >= 15 is 0 Å². The Balaban J connectivity index is -0.0000000800. The minimum absolute atomic E-state index is 0. The van der Waals surface area contributed by atoms with Crippen LogP contribution in [0.15, 0.2) is 0 Å². The van der Waals surface area contributed by atoms with Crippen molar-refractivity contribution in [2.24, 2.45) is 0 Å². The average molecular weight is 87.8 g/mol. The van der Waals surface area contributed by atoms with Crippen molar-refractivity contribution in [2.45, 2.75) is 0 Å². The first kappa shape index (κ1) is 9.69. The molecule has 0 aliphatic carbocycles. The first-order valence-electron chi connectivity index (χ1n) is 0.906. The Morgan fingerprint density at radius 1 is 1.67 bits per heavy atom. The van der Waals surface area contributed by atoms with Crippen molar-refractivity contribution >= 4 is 7.32 Å². The van der Waals surface area contributed by atoms with Crippen LogP contribution in [0.5, 0.6) is 0 Å². The van der Waals surface area contributed by atoms with E-state index in [0.717, 1.165) is 0 Å². The van der Waals surface area contributed by atoms with Gasteiger partial charge >= 0.3 is 26.2 Å². The van der Waals surface area contributed by atoms with Gasteiger partial charge in [-0.1, -0.05) is 4.53 Å². The number of hydrogen-bond acceptors (Lipinski definition) is 3. The topological polar surface area (TPSA) is 49.7 Å². The van der Waals surface area contributed by atoms with Gasteiger partial charge in [-0.05, 0) is 0 Å². The van der Waals surface area contributed by atoms with Crippen molar-refractivity contribution in [3.63, 3.8) is 0 Å². The first-order chi connectivity index (χ1) is 2.27. The molecule has 0 aliphatic heterocycles. The molecule has 0 aromatic rings. The molecule has 6 heavy (non-hydrogen) atoms. The molecule has 0 saturated heterocycles. The zero-order valence-electron chi connectivity index (χ0n) is 4.26. The summed E-state index contributed by atoms with van der Waals surface area (Å²) >= 11 is 0. The second-order valence-electron chi connectivity index (χ2n) is 0.415. The summed E-state index contributed by atoms with van der Waals surface area (Å²) in [7, 11) is -2.28. The van der Waals surface area contributed by atoms with Crippen LogP contribution in [0.3, 0.4) is 0 Å². The van der Waals surface area contributed by atoms with E-state index in [1.807, 2.05) is 0 Å². The fourth-order valence-corrected chi connectivity index (χ4v) is 0. The maximum absolute atomic E-state index is 10.1. The quantitative estimate of drug-likeness (QED) is 0.321. The predicted molar refractivity (Wildman–Crippen MR) is 13.5 cm³/mol. The second-order valence-corrected chi connectivity index (χ2v) is 0.415. The molecule has 0 bridgehead atoms. The van der Waals surface area contributed by atoms with E-state index in [2.05, 4.69) is 4.86 Å². The Labute approximate surface area is 47.9 Å². The van der Waals surface area contributed by atoms with Gasteiger partial charge < -0.3 is 11.5 Å². The van der Waals surface area contributed by atoms with Gasteiger partial charge in [0.25, 0.3) is 0 Å². The normalized spacial score (nSPS) is 6.50. The Morgan fingerprint density at radius 3 is 1.83 bits per heavy atom. The van der Waals surface area contributed by atoms with Gasteiger partial charge in [-0.2, -0.15) is 4.86 Å². The summed E-state index contributed by atoms with van der Waals surface area (Å²) in [4.78, 5) is 2.36. The van der Waals surface area contributed by atoms with Gasteiger partial charge in [0.2, 0.25) is 0 Å². The monoisotopic (exact) mass is 88.0 g/mol. The van der Waals surface area contributed by atoms with Crippen molar-refractivity contribution in [3.8, 4) is 0 Å². The molecule has 0 aliphatic rings. The molecule has 2 N–H and O–H groups in total. The van der Waals surface area contributed by atoms with Gasteiger partial charge in [0.15, 0.2) is 0 Å². The fraction of sp³-hybridized carbons (Fsp3) is 0. The van der Waals surface area contributed by atoms with Crippen LogP contribution in [-0.2, 0) is 4.86 Å². The molecule has 32 valence electrons. The van der Waals surface area contributed by atoms with E-state index in [-0.39, 0.29) is 20.3 Å². The molecule has 0 heterocycles. The Kier molecular flexibility index (Phi) is 8.84. The summed E-state index contributed by atoms with van der Waals surface area (Å²) in [5, 5.41) is 14.6. The minimum atomic E-state index is -2.28. The molecular formula is H3BFLiO3. The molecule has 6 heteroatoms. The number of rotatable bonds is 1. The van der Waals surface area contributed by atoms with Crippen molar-refractivity contribution in [1.29, 1.82) is 0 Å². The summed E-state index contributed by atoms with van der Waals surface area (Å²) in [6.07, 6.45) is 0. The summed E-state index contributed by atoms with van der Waals surface area (Å²) < 4.78 is 10.1. The molecule has 0 aromatic carbocycles. The van der Waals surface area contributed by atoms with E-state index in [9.17, 15) is 4.53 Å². The summed E-state index contributed by atoms with van der Waals surface area (Å²) in [6.45, 7) is 0. The number of hydrogen-bond donors (Lipinski definition) is 2. The molecule has 0 saturated carbocycles. The molecule has 0 spiro atoms. The molecule has 0 rings (SSSR count). The Morgan fingerprint density at radius 2 is 1.83 bits per heavy atom. The zero-order valence-corrected chi connectivity index (χ0v) is 3.26. The van der Waals surface area contributed by atoms with E-state index in [1.165, 1.54) is 0 Å². The van der Waals surface area contributed by atoms with Crippen LogP contribution >= 0.6 is 0 Å². The summed E-state index contributed by atoms with van der Waals surface area (Å²) in [5.74, 6) is 0. The van der Waals surface area contributed by atoms with Gasteiger partial charge in [-0.15, -0.1) is 0 Å². The molecule has 0 unspecified atom stereocenters. The summed E-state index contributed by atoms with van der Waals surface area (Å²) in [6, 6.07) is 0. The number of halogens is 1. The van der Waals surface area contributed by atoms with Crippen LogP contribution in [0.2, 0.25) is 0 Å². The van der Waals surface area contributed by atoms with Crippen LogP contribution in [0, 0.1) is 0 Å². The molecule has 3 nitrogen and oxygen atoms in total. The van der Waals surface area contributed by atoms with Crippen LogP contribution < -0.4 is 18.9 Å². The second kappa shape index (κ2) is 5.47. The molecular weight excluding hydrogens is 84.7 g/mol. The van der Waals surface area contributed by atoms with E-state index < -0.39 is 7.32 Å². The third kappa shape index (κ3) is 8.82. The largest absolute Gasteiger partial charge is 1.00 e. The van der Waals surface area contributed by atoms with Crippen LogP contribution in [0.4, 0.5) is 4.53 Å². The van der Waals surface area contributed by atoms with E-state index in [1.54, 1.807) is 0 Å². The van der Waals surface area contributed by atoms with Crippen molar-refractivity contribution < 1.29 is 39.7 Å². The molecule has 0 amide bonds. The maximum atomic E-state index is 10.1. The summed E-state index contributed by atoms with van der Waals surface area (Å²) in [5.41, 5.74) is 0. The average Bonchev–Trinajstić information content (AvgIpc) is 1.38. The van der Waals surface area contributed by atoms with Gasteiger partial charge in [-0.3, -0.25) is 0 Å². The first-order valence-corrected chi connectivity index (χ1v) is 0.906. The van der Waals surface area contributed by atoms with Crippen molar-refractivity contribution in [2.75, 3.05) is 0 Å². The SMILES string of the molecule is OB(O)OF.[H-].[Li+]. The van der Waals surface area contributed by atoms with Crippen molar-refractivity contribution in [3.05, 3.63) is 0 Å². The minimum Gasteiger partial charge on any atom is -1.00 e. The molecule has 0 fully saturated rings. The van der Waals surface area contributed by atoms with Gasteiger partial charge in [0, 0.05) is 0 Å². The smallest absolute Gasteiger partial charge is 1.00 e. The third-order valence-electron chi connectivity index (χ3n) is 0.0797. The van der Waals surface area contributed by atoms with Crippen LogP contribution in [-0.4, -0.2) is 17.4 Å². The fourth-order valence-electron chi connectivity index (χ4n) is 0. The van der Waals surface area contributed by atoms with Gasteiger partial charge in [0.05, 0.1) is 0 Å². The van der Waals surface area contributed by atoms with Gasteiger partial charge in [0.1, 0.15) is 0 Å². The van der Waals surface area contributed by atoms with E-state index in [0.29, 0.717) is 0 Å². The molecule has 0 atom stereocenters. The molecule has 0 aromatic heterocycles. The van der Waals surface area contributed by atoms with Crippen LogP contribution in [0.1, 0.15) is 1.43 Å². The molecule has 0 radical (unpaired) electrons. The Hall–Kier alpha value is 0.472.